The van der Waals surface area contributed by atoms with Gasteiger partial charge in [-0.3, -0.25) is 19.6 Å². The van der Waals surface area contributed by atoms with Crippen LogP contribution in [0.3, 0.4) is 0 Å². The van der Waals surface area contributed by atoms with Crippen molar-refractivity contribution in [2.45, 2.75) is 20.3 Å². The van der Waals surface area contributed by atoms with E-state index in [1.165, 1.54) is 11.6 Å². The van der Waals surface area contributed by atoms with E-state index in [2.05, 4.69) is 27.2 Å². The molecule has 3 aromatic rings. The number of carbonyl (C=O) groups excluding carboxylic acids is 1. The molecule has 7 nitrogen and oxygen atoms in total. The van der Waals surface area contributed by atoms with Gasteiger partial charge in [0.1, 0.15) is 11.3 Å². The smallest absolute Gasteiger partial charge is 0.321 e. The standard InChI is InChI=1S/C17H16N4O3/c1-3-10-4-6-11(7-5-10)18-15(22)12-8-9(2)13-14(19-12)20-17(24)21-16(13)23/h4-8H,3H2,1-2H3,(H,18,22)(H2,19,20,21,23,24). The van der Waals surface area contributed by atoms with Crippen LogP contribution in [-0.4, -0.2) is 20.9 Å². The second-order valence-electron chi connectivity index (χ2n) is 5.46. The van der Waals surface area contributed by atoms with Gasteiger partial charge in [0.25, 0.3) is 11.5 Å². The molecule has 0 bridgehead atoms. The second kappa shape index (κ2) is 6.11. The van der Waals surface area contributed by atoms with E-state index in [4.69, 9.17) is 0 Å². The number of hydrogen-bond acceptors (Lipinski definition) is 4. The highest BCUT2D eigenvalue weighted by Gasteiger charge is 2.13. The molecule has 0 atom stereocenters. The van der Waals surface area contributed by atoms with Crippen LogP contribution < -0.4 is 16.6 Å². The Morgan fingerprint density at radius 2 is 1.88 bits per heavy atom. The minimum atomic E-state index is -0.660. The van der Waals surface area contributed by atoms with Gasteiger partial charge in [-0.15, -0.1) is 0 Å². The van der Waals surface area contributed by atoms with E-state index in [1.807, 2.05) is 24.3 Å². The molecule has 1 amide bonds. The average Bonchev–Trinajstić information content (AvgIpc) is 2.54. The summed E-state index contributed by atoms with van der Waals surface area (Å²) in [6.45, 7) is 3.74. The Hall–Kier alpha value is -3.22. The normalized spacial score (nSPS) is 10.8. The molecule has 0 saturated heterocycles. The second-order valence-corrected chi connectivity index (χ2v) is 5.46. The number of rotatable bonds is 3. The number of aromatic amines is 2. The molecule has 0 aliphatic rings. The number of nitrogens with zero attached hydrogens (tertiary/aromatic N) is 1. The van der Waals surface area contributed by atoms with Gasteiger partial charge in [-0.25, -0.2) is 9.78 Å². The SMILES string of the molecule is CCc1ccc(NC(=O)c2cc(C)c3c(=O)[nH]c(=O)[nH]c3n2)cc1. The molecule has 2 heterocycles. The zero-order valence-electron chi connectivity index (χ0n) is 13.3. The summed E-state index contributed by atoms with van der Waals surface area (Å²) in [5.74, 6) is -0.412. The number of benzene rings is 1. The van der Waals surface area contributed by atoms with Crippen LogP contribution in [0, 0.1) is 6.92 Å². The van der Waals surface area contributed by atoms with E-state index in [-0.39, 0.29) is 16.7 Å². The number of fused-ring (bicyclic) bond motifs is 1. The minimum absolute atomic E-state index is 0.0928. The lowest BCUT2D eigenvalue weighted by Gasteiger charge is -2.07. The predicted molar refractivity (Wildman–Crippen MR) is 91.5 cm³/mol. The third-order valence-corrected chi connectivity index (χ3v) is 3.76. The molecule has 7 heteroatoms. The van der Waals surface area contributed by atoms with E-state index in [0.29, 0.717) is 11.3 Å². The minimum Gasteiger partial charge on any atom is -0.321 e. The molecule has 1 aromatic carbocycles. The Kier molecular flexibility index (Phi) is 3.99. The van der Waals surface area contributed by atoms with Crippen molar-refractivity contribution in [1.29, 1.82) is 0 Å². The van der Waals surface area contributed by atoms with Crippen molar-refractivity contribution < 1.29 is 4.79 Å². The summed E-state index contributed by atoms with van der Waals surface area (Å²) < 4.78 is 0. The van der Waals surface area contributed by atoms with Gasteiger partial charge in [0.15, 0.2) is 0 Å². The lowest BCUT2D eigenvalue weighted by Crippen LogP contribution is -2.24. The van der Waals surface area contributed by atoms with Gasteiger partial charge in [-0.1, -0.05) is 19.1 Å². The number of aryl methyl sites for hydroxylation is 2. The lowest BCUT2D eigenvalue weighted by molar-refractivity contribution is 0.102. The zero-order valence-corrected chi connectivity index (χ0v) is 13.3. The Labute approximate surface area is 136 Å². The van der Waals surface area contributed by atoms with E-state index in [1.54, 1.807) is 6.92 Å². The highest BCUT2D eigenvalue weighted by molar-refractivity contribution is 6.04. The van der Waals surface area contributed by atoms with Crippen LogP contribution in [-0.2, 0) is 6.42 Å². The van der Waals surface area contributed by atoms with Crippen molar-refractivity contribution in [3.05, 3.63) is 68.0 Å². The van der Waals surface area contributed by atoms with Crippen molar-refractivity contribution in [1.82, 2.24) is 15.0 Å². The molecule has 24 heavy (non-hydrogen) atoms. The molecular weight excluding hydrogens is 308 g/mol. The van der Waals surface area contributed by atoms with E-state index >= 15 is 0 Å². The first kappa shape index (κ1) is 15.7. The van der Waals surface area contributed by atoms with Gasteiger partial charge in [0.2, 0.25) is 0 Å². The van der Waals surface area contributed by atoms with Gasteiger partial charge in [0.05, 0.1) is 5.39 Å². The maximum Gasteiger partial charge on any atom is 0.327 e. The fourth-order valence-corrected chi connectivity index (χ4v) is 2.49. The molecule has 122 valence electrons. The summed E-state index contributed by atoms with van der Waals surface area (Å²) in [6, 6.07) is 9.03. The summed E-state index contributed by atoms with van der Waals surface area (Å²) in [5, 5.41) is 3.01. The van der Waals surface area contributed by atoms with Crippen molar-refractivity contribution in [3.8, 4) is 0 Å². The van der Waals surface area contributed by atoms with Crippen LogP contribution in [0.4, 0.5) is 5.69 Å². The number of H-pyrrole nitrogens is 2. The summed E-state index contributed by atoms with van der Waals surface area (Å²) in [7, 11) is 0. The molecule has 0 spiro atoms. The van der Waals surface area contributed by atoms with Crippen LogP contribution >= 0.6 is 0 Å². The first-order valence-corrected chi connectivity index (χ1v) is 7.52. The summed E-state index contributed by atoms with van der Waals surface area (Å²) in [6.07, 6.45) is 0.918. The summed E-state index contributed by atoms with van der Waals surface area (Å²) in [5.41, 5.74) is 1.41. The first-order valence-electron chi connectivity index (χ1n) is 7.52. The maximum atomic E-state index is 12.4. The average molecular weight is 324 g/mol. The topological polar surface area (TPSA) is 108 Å². The Morgan fingerprint density at radius 3 is 2.54 bits per heavy atom. The molecule has 0 radical (unpaired) electrons. The van der Waals surface area contributed by atoms with Crippen LogP contribution in [0.2, 0.25) is 0 Å². The van der Waals surface area contributed by atoms with Crippen LogP contribution in [0.1, 0.15) is 28.5 Å². The molecule has 0 unspecified atom stereocenters. The third kappa shape index (κ3) is 2.96. The number of nitrogens with one attached hydrogen (secondary N) is 3. The maximum absolute atomic E-state index is 12.4. The lowest BCUT2D eigenvalue weighted by atomic mass is 10.1. The number of amides is 1. The quantitative estimate of drug-likeness (QED) is 0.682. The first-order chi connectivity index (χ1) is 11.5. The third-order valence-electron chi connectivity index (χ3n) is 3.76. The Morgan fingerprint density at radius 1 is 1.17 bits per heavy atom. The molecule has 0 fully saturated rings. The Balaban J connectivity index is 1.97. The molecule has 0 saturated carbocycles. The predicted octanol–water partition coefficient (Wildman–Crippen LogP) is 1.73. The van der Waals surface area contributed by atoms with Gasteiger partial charge >= 0.3 is 5.69 Å². The van der Waals surface area contributed by atoms with Crippen molar-refractivity contribution in [2.24, 2.45) is 0 Å². The zero-order chi connectivity index (χ0) is 17.3. The molecule has 0 aliphatic heterocycles. The molecule has 0 aliphatic carbocycles. The fourth-order valence-electron chi connectivity index (χ4n) is 2.49. The van der Waals surface area contributed by atoms with Crippen LogP contribution in [0.15, 0.2) is 39.9 Å². The van der Waals surface area contributed by atoms with Crippen LogP contribution in [0.25, 0.3) is 11.0 Å². The molecular formula is C17H16N4O3. The molecule has 3 rings (SSSR count). The number of pyridine rings is 1. The number of anilines is 1. The highest BCUT2D eigenvalue weighted by atomic mass is 16.2. The van der Waals surface area contributed by atoms with Crippen LogP contribution in [0.5, 0.6) is 0 Å². The fraction of sp³-hybridized carbons (Fsp3) is 0.176. The Bertz CT molecular complexity index is 1030. The van der Waals surface area contributed by atoms with E-state index < -0.39 is 17.2 Å². The highest BCUT2D eigenvalue weighted by Crippen LogP contribution is 2.14. The van der Waals surface area contributed by atoms with Crippen molar-refractivity contribution >= 4 is 22.6 Å². The molecule has 2 aromatic heterocycles. The largest absolute Gasteiger partial charge is 0.327 e. The number of carbonyl (C=O) groups is 1. The van der Waals surface area contributed by atoms with Gasteiger partial charge in [-0.05, 0) is 42.7 Å². The van der Waals surface area contributed by atoms with Gasteiger partial charge < -0.3 is 5.32 Å². The van der Waals surface area contributed by atoms with Crippen molar-refractivity contribution in [3.63, 3.8) is 0 Å². The number of aromatic nitrogens is 3. The van der Waals surface area contributed by atoms with Gasteiger partial charge in [-0.2, -0.15) is 0 Å². The van der Waals surface area contributed by atoms with Crippen molar-refractivity contribution in [2.75, 3.05) is 5.32 Å². The number of hydrogen-bond donors (Lipinski definition) is 3. The van der Waals surface area contributed by atoms with E-state index in [9.17, 15) is 14.4 Å². The molecule has 3 N–H and O–H groups in total. The monoisotopic (exact) mass is 324 g/mol. The van der Waals surface area contributed by atoms with E-state index in [0.717, 1.165) is 6.42 Å². The summed E-state index contributed by atoms with van der Waals surface area (Å²) >= 11 is 0. The summed E-state index contributed by atoms with van der Waals surface area (Å²) in [4.78, 5) is 44.3. The van der Waals surface area contributed by atoms with Gasteiger partial charge in [0, 0.05) is 5.69 Å².